The molecule has 1 spiro atoms. The fourth-order valence-corrected chi connectivity index (χ4v) is 6.31. The van der Waals surface area contributed by atoms with Crippen LogP contribution in [0.25, 0.3) is 11.0 Å². The molecule has 11 nitrogen and oxygen atoms in total. The number of hydrogen-bond acceptors (Lipinski definition) is 9. The lowest BCUT2D eigenvalue weighted by molar-refractivity contribution is -0.0885. The number of anilines is 3. The van der Waals surface area contributed by atoms with Crippen LogP contribution in [-0.2, 0) is 16.9 Å². The Bertz CT molecular complexity index is 1620. The van der Waals surface area contributed by atoms with Crippen LogP contribution in [0.1, 0.15) is 33.6 Å². The number of rotatable bonds is 7. The molecular weight excluding hydrogens is 532 g/mol. The molecular formula is C31H40N8O3. The lowest BCUT2D eigenvalue weighted by atomic mass is 9.96. The van der Waals surface area contributed by atoms with Gasteiger partial charge in [0.1, 0.15) is 11.0 Å². The number of aliphatic hydroxyl groups is 1. The Morgan fingerprint density at radius 2 is 2.00 bits per heavy atom. The van der Waals surface area contributed by atoms with Crippen LogP contribution in [0, 0.1) is 0 Å². The molecule has 0 bridgehead atoms. The smallest absolute Gasteiger partial charge is 0.278 e. The van der Waals surface area contributed by atoms with Crippen LogP contribution in [0.4, 0.5) is 17.3 Å². The standard InChI is InChI=1S/C31H40N8O3/c1-6-15-38-27(40)24-19-32-28(34-26(24)39(38)30(4)13-7-8-25(35-30)29(2,3)41)33-22-9-11-23(12-10-22)37-16-14-31(21-37)20-36(5)17-18-42-31/h6-12,19,41H,1,13-18,20-21H2,2-5H3,(H,32,33,34). The molecule has 3 aliphatic heterocycles. The zero-order valence-electron chi connectivity index (χ0n) is 24.9. The monoisotopic (exact) mass is 572 g/mol. The van der Waals surface area contributed by atoms with Gasteiger partial charge in [0, 0.05) is 50.2 Å². The first-order chi connectivity index (χ1) is 20.0. The van der Waals surface area contributed by atoms with E-state index < -0.39 is 11.3 Å². The van der Waals surface area contributed by atoms with Crippen molar-refractivity contribution in [3.63, 3.8) is 0 Å². The van der Waals surface area contributed by atoms with E-state index in [2.05, 4.69) is 45.9 Å². The third kappa shape index (κ3) is 5.16. The fourth-order valence-electron chi connectivity index (χ4n) is 6.31. The van der Waals surface area contributed by atoms with E-state index in [1.165, 1.54) is 0 Å². The quantitative estimate of drug-likeness (QED) is 0.415. The molecule has 222 valence electrons. The third-order valence-corrected chi connectivity index (χ3v) is 8.45. The number of dihydropyridines is 1. The third-order valence-electron chi connectivity index (χ3n) is 8.45. The molecule has 0 saturated carbocycles. The molecule has 5 heterocycles. The number of nitrogens with zero attached hydrogens (tertiary/aromatic N) is 7. The number of nitrogens with one attached hydrogen (secondary N) is 1. The topological polar surface area (TPSA) is 113 Å². The summed E-state index contributed by atoms with van der Waals surface area (Å²) in [6.45, 7) is 14.0. The van der Waals surface area contributed by atoms with E-state index in [9.17, 15) is 9.90 Å². The SMILES string of the molecule is C=CCn1c(=O)c2cnc(Nc3ccc(N4CCC5(CN(C)CCO5)C4)cc3)nc2n1C1(C)CC=CC(C(C)(C)O)=N1. The maximum absolute atomic E-state index is 13.4. The Morgan fingerprint density at radius 3 is 2.71 bits per heavy atom. The minimum absolute atomic E-state index is 0.0898. The summed E-state index contributed by atoms with van der Waals surface area (Å²) in [6, 6.07) is 8.24. The van der Waals surface area contributed by atoms with Gasteiger partial charge < -0.3 is 25.0 Å². The molecule has 0 radical (unpaired) electrons. The van der Waals surface area contributed by atoms with Crippen molar-refractivity contribution in [2.45, 2.75) is 57.0 Å². The van der Waals surface area contributed by atoms with Crippen LogP contribution in [0.15, 0.2) is 65.1 Å². The van der Waals surface area contributed by atoms with Crippen LogP contribution >= 0.6 is 0 Å². The van der Waals surface area contributed by atoms with E-state index in [-0.39, 0.29) is 17.7 Å². The zero-order valence-corrected chi connectivity index (χ0v) is 24.9. The Labute approximate surface area is 245 Å². The predicted molar refractivity (Wildman–Crippen MR) is 166 cm³/mol. The Balaban J connectivity index is 1.29. The number of ether oxygens (including phenoxy) is 1. The molecule has 2 fully saturated rings. The molecule has 11 heteroatoms. The summed E-state index contributed by atoms with van der Waals surface area (Å²) < 4.78 is 9.63. The molecule has 2 aromatic heterocycles. The minimum Gasteiger partial charge on any atom is -0.384 e. The molecule has 0 amide bonds. The number of aromatic nitrogens is 4. The predicted octanol–water partition coefficient (Wildman–Crippen LogP) is 3.28. The number of allylic oxidation sites excluding steroid dienone is 1. The highest BCUT2D eigenvalue weighted by molar-refractivity contribution is 6.01. The molecule has 0 aliphatic carbocycles. The normalized spacial score (nSPS) is 24.9. The number of morpholine rings is 1. The second-order valence-corrected chi connectivity index (χ2v) is 12.4. The molecule has 2 N–H and O–H groups in total. The van der Waals surface area contributed by atoms with E-state index in [4.69, 9.17) is 14.7 Å². The molecule has 3 aliphatic rings. The maximum Gasteiger partial charge on any atom is 0.278 e. The van der Waals surface area contributed by atoms with E-state index in [1.807, 2.05) is 35.9 Å². The molecule has 42 heavy (non-hydrogen) atoms. The van der Waals surface area contributed by atoms with E-state index >= 15 is 0 Å². The molecule has 3 aromatic rings. The van der Waals surface area contributed by atoms with Crippen molar-refractivity contribution in [3.05, 3.63) is 65.6 Å². The van der Waals surface area contributed by atoms with Gasteiger partial charge in [0.2, 0.25) is 5.95 Å². The number of hydrogen-bond donors (Lipinski definition) is 2. The van der Waals surface area contributed by atoms with E-state index in [0.717, 1.165) is 50.6 Å². The average molecular weight is 573 g/mol. The van der Waals surface area contributed by atoms with Crippen molar-refractivity contribution in [2.24, 2.45) is 4.99 Å². The van der Waals surface area contributed by atoms with Gasteiger partial charge in [-0.15, -0.1) is 6.58 Å². The first-order valence-electron chi connectivity index (χ1n) is 14.5. The molecule has 1 aromatic carbocycles. The van der Waals surface area contributed by atoms with E-state index in [0.29, 0.717) is 29.1 Å². The van der Waals surface area contributed by atoms with Crippen molar-refractivity contribution in [1.29, 1.82) is 0 Å². The lowest BCUT2D eigenvalue weighted by Gasteiger charge is -2.38. The van der Waals surface area contributed by atoms with Crippen molar-refractivity contribution >= 4 is 34.1 Å². The van der Waals surface area contributed by atoms with Crippen molar-refractivity contribution in [1.82, 2.24) is 24.2 Å². The summed E-state index contributed by atoms with van der Waals surface area (Å²) in [7, 11) is 2.16. The second kappa shape index (κ2) is 10.5. The molecule has 2 saturated heterocycles. The Hall–Kier alpha value is -3.80. The van der Waals surface area contributed by atoms with Crippen LogP contribution in [0.5, 0.6) is 0 Å². The highest BCUT2D eigenvalue weighted by Gasteiger charge is 2.42. The van der Waals surface area contributed by atoms with Crippen molar-refractivity contribution in [2.75, 3.05) is 50.1 Å². The van der Waals surface area contributed by atoms with Crippen molar-refractivity contribution < 1.29 is 9.84 Å². The highest BCUT2D eigenvalue weighted by atomic mass is 16.5. The molecule has 6 rings (SSSR count). The summed E-state index contributed by atoms with van der Waals surface area (Å²) in [6.07, 6.45) is 8.59. The van der Waals surface area contributed by atoms with Crippen molar-refractivity contribution in [3.8, 4) is 0 Å². The van der Waals surface area contributed by atoms with Gasteiger partial charge >= 0.3 is 0 Å². The van der Waals surface area contributed by atoms with Gasteiger partial charge in [0.05, 0.1) is 24.5 Å². The summed E-state index contributed by atoms with van der Waals surface area (Å²) in [5.74, 6) is 0.375. The van der Waals surface area contributed by atoms with Crippen LogP contribution in [-0.4, -0.2) is 86.1 Å². The number of likely N-dealkylation sites (N-methyl/N-ethyl adjacent to an activating group) is 1. The van der Waals surface area contributed by atoms with E-state index in [1.54, 1.807) is 30.8 Å². The van der Waals surface area contributed by atoms with Gasteiger partial charge in [0.15, 0.2) is 11.3 Å². The van der Waals surface area contributed by atoms with Crippen LogP contribution < -0.4 is 15.8 Å². The molecule has 2 atom stereocenters. The second-order valence-electron chi connectivity index (χ2n) is 12.4. The van der Waals surface area contributed by atoms with Gasteiger partial charge in [-0.3, -0.25) is 9.79 Å². The minimum atomic E-state index is -1.13. The summed E-state index contributed by atoms with van der Waals surface area (Å²) in [5.41, 5.74) is 0.677. The van der Waals surface area contributed by atoms with Gasteiger partial charge in [-0.05, 0) is 64.6 Å². The Kier molecular flexibility index (Phi) is 7.07. The summed E-state index contributed by atoms with van der Waals surface area (Å²) >= 11 is 0. The summed E-state index contributed by atoms with van der Waals surface area (Å²) in [4.78, 5) is 32.3. The zero-order chi connectivity index (χ0) is 29.7. The average Bonchev–Trinajstić information content (AvgIpc) is 3.47. The highest BCUT2D eigenvalue weighted by Crippen LogP contribution is 2.34. The fraction of sp³-hybridized carbons (Fsp3) is 0.484. The number of fused-ring (bicyclic) bond motifs is 1. The van der Waals surface area contributed by atoms with Gasteiger partial charge in [-0.25, -0.2) is 14.3 Å². The van der Waals surface area contributed by atoms with Gasteiger partial charge in [-0.1, -0.05) is 12.2 Å². The first kappa shape index (κ1) is 28.3. The lowest BCUT2D eigenvalue weighted by Crippen LogP contribution is -2.51. The van der Waals surface area contributed by atoms with Gasteiger partial charge in [0.25, 0.3) is 5.56 Å². The number of aliphatic imine (C=N–C) groups is 1. The maximum atomic E-state index is 13.4. The largest absolute Gasteiger partial charge is 0.384 e. The Morgan fingerprint density at radius 1 is 1.21 bits per heavy atom. The number of benzene rings is 1. The van der Waals surface area contributed by atoms with Crippen LogP contribution in [0.3, 0.4) is 0 Å². The van der Waals surface area contributed by atoms with Crippen LogP contribution in [0.2, 0.25) is 0 Å². The molecule has 2 unspecified atom stereocenters. The van der Waals surface area contributed by atoms with Gasteiger partial charge in [-0.2, -0.15) is 4.98 Å². The summed E-state index contributed by atoms with van der Waals surface area (Å²) in [5, 5.41) is 14.4. The first-order valence-corrected chi connectivity index (χ1v) is 14.5.